The van der Waals surface area contributed by atoms with Crippen LogP contribution in [0, 0.1) is 18.2 Å². The van der Waals surface area contributed by atoms with Crippen LogP contribution in [0.4, 0.5) is 23.5 Å². The van der Waals surface area contributed by atoms with Crippen molar-refractivity contribution < 1.29 is 17.6 Å². The van der Waals surface area contributed by atoms with Crippen molar-refractivity contribution in [3.05, 3.63) is 23.3 Å². The molecule has 2 rings (SSSR count). The number of nitrogens with zero attached hydrogens (tertiary/aromatic N) is 3. The van der Waals surface area contributed by atoms with E-state index in [0.29, 0.717) is 0 Å². The van der Waals surface area contributed by atoms with E-state index < -0.39 is 29.2 Å². The van der Waals surface area contributed by atoms with E-state index in [1.807, 2.05) is 5.92 Å². The van der Waals surface area contributed by atoms with Crippen LogP contribution in [0.2, 0.25) is 0 Å². The number of terminal acetylenes is 1. The van der Waals surface area contributed by atoms with E-state index in [2.05, 4.69) is 10.1 Å². The molecule has 0 saturated carbocycles. The van der Waals surface area contributed by atoms with Crippen molar-refractivity contribution in [2.45, 2.75) is 19.0 Å². The second-order valence-electron chi connectivity index (χ2n) is 3.90. The Balaban J connectivity index is 2.85. The van der Waals surface area contributed by atoms with Gasteiger partial charge in [-0.1, -0.05) is 5.92 Å². The van der Waals surface area contributed by atoms with Crippen LogP contribution in [0.25, 0.3) is 5.52 Å². The second-order valence-corrected chi connectivity index (χ2v) is 3.90. The van der Waals surface area contributed by atoms with Crippen molar-refractivity contribution >= 4 is 11.5 Å². The zero-order valence-electron chi connectivity index (χ0n) is 9.66. The van der Waals surface area contributed by atoms with Crippen LogP contribution >= 0.6 is 0 Å². The van der Waals surface area contributed by atoms with Gasteiger partial charge in [0, 0.05) is 0 Å². The molecular formula is C11H8F4N4. The molecule has 2 aromatic heterocycles. The van der Waals surface area contributed by atoms with Crippen molar-refractivity contribution in [2.24, 2.45) is 0 Å². The number of rotatable bonds is 1. The molecule has 1 unspecified atom stereocenters. The Morgan fingerprint density at radius 2 is 2.11 bits per heavy atom. The summed E-state index contributed by atoms with van der Waals surface area (Å²) in [6.45, 7) is 0.875. The van der Waals surface area contributed by atoms with E-state index in [1.165, 1.54) is 0 Å². The minimum absolute atomic E-state index is 0.242. The van der Waals surface area contributed by atoms with Gasteiger partial charge in [0.1, 0.15) is 5.52 Å². The molecule has 2 N–H and O–H groups in total. The molecular weight excluding hydrogens is 264 g/mol. The lowest BCUT2D eigenvalue weighted by molar-refractivity contribution is -0.147. The van der Waals surface area contributed by atoms with Gasteiger partial charge in [0.15, 0.2) is 5.82 Å². The zero-order chi connectivity index (χ0) is 14.4. The van der Waals surface area contributed by atoms with Gasteiger partial charge in [-0.05, 0) is 6.92 Å². The molecule has 0 aliphatic carbocycles. The summed E-state index contributed by atoms with van der Waals surface area (Å²) >= 11 is 0. The molecule has 0 aliphatic heterocycles. The highest BCUT2D eigenvalue weighted by molar-refractivity contribution is 5.59. The lowest BCUT2D eigenvalue weighted by Crippen LogP contribution is -2.21. The van der Waals surface area contributed by atoms with Crippen LogP contribution in [0.15, 0.2) is 6.20 Å². The quantitative estimate of drug-likeness (QED) is 0.639. The van der Waals surface area contributed by atoms with Crippen LogP contribution in [0.3, 0.4) is 0 Å². The highest BCUT2D eigenvalue weighted by atomic mass is 19.4. The number of alkyl halides is 3. The summed E-state index contributed by atoms with van der Waals surface area (Å²) in [5.74, 6) is -1.30. The molecule has 0 spiro atoms. The standard InChI is InChI=1S/C11H8F4N4/c1-3-6-8(12)7-4-17-10(16)18-19(7)9(6)5(2)11(13,14)15/h1,4-5H,2H3,(H2,16,18). The van der Waals surface area contributed by atoms with Gasteiger partial charge in [-0.3, -0.25) is 0 Å². The number of halogens is 4. The van der Waals surface area contributed by atoms with E-state index in [9.17, 15) is 17.6 Å². The Morgan fingerprint density at radius 1 is 1.47 bits per heavy atom. The Labute approximate surface area is 105 Å². The number of hydrogen-bond acceptors (Lipinski definition) is 3. The van der Waals surface area contributed by atoms with Gasteiger partial charge in [-0.15, -0.1) is 11.5 Å². The van der Waals surface area contributed by atoms with E-state index >= 15 is 0 Å². The molecule has 0 amide bonds. The number of nitrogen functional groups attached to an aromatic ring is 1. The maximum absolute atomic E-state index is 13.9. The molecule has 2 heterocycles. The molecule has 100 valence electrons. The summed E-state index contributed by atoms with van der Waals surface area (Å²) in [5.41, 5.74) is 4.12. The van der Waals surface area contributed by atoms with E-state index in [4.69, 9.17) is 12.2 Å². The Bertz CT molecular complexity index is 681. The van der Waals surface area contributed by atoms with Gasteiger partial charge in [0.05, 0.1) is 23.4 Å². The molecule has 0 fully saturated rings. The van der Waals surface area contributed by atoms with Crippen molar-refractivity contribution in [3.63, 3.8) is 0 Å². The molecule has 0 radical (unpaired) electrons. The summed E-state index contributed by atoms with van der Waals surface area (Å²) in [7, 11) is 0. The van der Waals surface area contributed by atoms with Gasteiger partial charge in [0.2, 0.25) is 5.95 Å². The van der Waals surface area contributed by atoms with Gasteiger partial charge >= 0.3 is 6.18 Å². The van der Waals surface area contributed by atoms with Gasteiger partial charge < -0.3 is 5.73 Å². The van der Waals surface area contributed by atoms with Gasteiger partial charge in [-0.25, -0.2) is 13.9 Å². The average molecular weight is 272 g/mol. The minimum Gasteiger partial charge on any atom is -0.367 e. The smallest absolute Gasteiger partial charge is 0.367 e. The first-order chi connectivity index (χ1) is 8.77. The topological polar surface area (TPSA) is 56.2 Å². The average Bonchev–Trinajstić information content (AvgIpc) is 2.59. The number of fused-ring (bicyclic) bond motifs is 1. The molecule has 1 atom stereocenters. The Morgan fingerprint density at radius 3 is 2.63 bits per heavy atom. The second kappa shape index (κ2) is 4.12. The monoisotopic (exact) mass is 272 g/mol. The fourth-order valence-electron chi connectivity index (χ4n) is 1.74. The third-order valence-corrected chi connectivity index (χ3v) is 2.72. The molecule has 0 aromatic carbocycles. The lowest BCUT2D eigenvalue weighted by atomic mass is 10.0. The number of aromatic nitrogens is 3. The maximum Gasteiger partial charge on any atom is 0.397 e. The lowest BCUT2D eigenvalue weighted by Gasteiger charge is -2.15. The first kappa shape index (κ1) is 13.1. The SMILES string of the molecule is C#Cc1c(F)c2cnc(N)nn2c1C(C)C(F)(F)F. The van der Waals surface area contributed by atoms with E-state index in [-0.39, 0.29) is 11.5 Å². The molecule has 19 heavy (non-hydrogen) atoms. The number of anilines is 1. The summed E-state index contributed by atoms with van der Waals surface area (Å²) in [6, 6.07) is 0. The summed E-state index contributed by atoms with van der Waals surface area (Å²) < 4.78 is 53.1. The third kappa shape index (κ3) is 1.97. The fraction of sp³-hybridized carbons (Fsp3) is 0.273. The Kier molecular flexibility index (Phi) is 2.85. The van der Waals surface area contributed by atoms with Crippen LogP contribution in [0.1, 0.15) is 24.1 Å². The van der Waals surface area contributed by atoms with E-state index in [0.717, 1.165) is 17.6 Å². The van der Waals surface area contributed by atoms with Crippen molar-refractivity contribution in [3.8, 4) is 12.3 Å². The predicted octanol–water partition coefficient (Wildman–Crippen LogP) is 2.10. The molecule has 0 bridgehead atoms. The normalized spacial score (nSPS) is 13.5. The minimum atomic E-state index is -4.58. The Hall–Kier alpha value is -2.30. The summed E-state index contributed by atoms with van der Waals surface area (Å²) in [6.07, 6.45) is 1.50. The molecule has 8 heteroatoms. The highest BCUT2D eigenvalue weighted by Crippen LogP contribution is 2.37. The highest BCUT2D eigenvalue weighted by Gasteiger charge is 2.41. The van der Waals surface area contributed by atoms with Crippen molar-refractivity contribution in [1.82, 2.24) is 14.6 Å². The molecule has 4 nitrogen and oxygen atoms in total. The first-order valence-electron chi connectivity index (χ1n) is 5.13. The zero-order valence-corrected chi connectivity index (χ0v) is 9.66. The van der Waals surface area contributed by atoms with Crippen LogP contribution in [0.5, 0.6) is 0 Å². The summed E-state index contributed by atoms with van der Waals surface area (Å²) in [4.78, 5) is 3.53. The van der Waals surface area contributed by atoms with Crippen LogP contribution in [-0.4, -0.2) is 20.8 Å². The predicted molar refractivity (Wildman–Crippen MR) is 59.8 cm³/mol. The van der Waals surface area contributed by atoms with Crippen LogP contribution in [-0.2, 0) is 0 Å². The van der Waals surface area contributed by atoms with Gasteiger partial charge in [-0.2, -0.15) is 13.2 Å². The fourth-order valence-corrected chi connectivity index (χ4v) is 1.74. The van der Waals surface area contributed by atoms with Crippen molar-refractivity contribution in [2.75, 3.05) is 5.73 Å². The maximum atomic E-state index is 13.9. The van der Waals surface area contributed by atoms with Crippen LogP contribution < -0.4 is 5.73 Å². The molecule has 2 aromatic rings. The van der Waals surface area contributed by atoms with Gasteiger partial charge in [0.25, 0.3) is 0 Å². The van der Waals surface area contributed by atoms with Crippen molar-refractivity contribution in [1.29, 1.82) is 0 Å². The number of nitrogens with two attached hydrogens (primary N) is 1. The van der Waals surface area contributed by atoms with E-state index in [1.54, 1.807) is 0 Å². The molecule has 0 saturated heterocycles. The third-order valence-electron chi connectivity index (χ3n) is 2.72. The first-order valence-corrected chi connectivity index (χ1v) is 5.13. The largest absolute Gasteiger partial charge is 0.397 e. The summed E-state index contributed by atoms with van der Waals surface area (Å²) in [5, 5.41) is 3.59. The molecule has 0 aliphatic rings. The number of hydrogen-bond donors (Lipinski definition) is 1.